The number of aliphatic imine (C=N–C) groups is 1. The molecule has 0 spiro atoms. The van der Waals surface area contributed by atoms with Gasteiger partial charge in [0.25, 0.3) is 0 Å². The highest BCUT2D eigenvalue weighted by Gasteiger charge is 2.13. The van der Waals surface area contributed by atoms with E-state index in [4.69, 9.17) is 9.73 Å². The van der Waals surface area contributed by atoms with Crippen LogP contribution in [0.4, 0.5) is 0 Å². The second kappa shape index (κ2) is 11.4. The molecule has 28 heavy (non-hydrogen) atoms. The summed E-state index contributed by atoms with van der Waals surface area (Å²) in [5, 5.41) is 15.1. The van der Waals surface area contributed by atoms with E-state index in [0.717, 1.165) is 37.2 Å². The van der Waals surface area contributed by atoms with Crippen LogP contribution >= 0.6 is 0 Å². The SMILES string of the molecule is CCOC(CCNC(=NCc1ccccc1)NCc1nnc(C)n1C)C(C)C. The molecule has 1 aromatic heterocycles. The molecule has 1 unspecified atom stereocenters. The molecule has 7 nitrogen and oxygen atoms in total. The predicted octanol–water partition coefficient (Wildman–Crippen LogP) is 2.81. The van der Waals surface area contributed by atoms with Crippen molar-refractivity contribution >= 4 is 5.96 Å². The molecule has 7 heteroatoms. The van der Waals surface area contributed by atoms with E-state index < -0.39 is 0 Å². The molecule has 1 atom stereocenters. The fourth-order valence-electron chi connectivity index (χ4n) is 2.85. The topological polar surface area (TPSA) is 76.4 Å². The van der Waals surface area contributed by atoms with Gasteiger partial charge < -0.3 is 19.9 Å². The van der Waals surface area contributed by atoms with E-state index in [1.807, 2.05) is 43.7 Å². The molecule has 0 radical (unpaired) electrons. The maximum atomic E-state index is 5.84. The average molecular weight is 387 g/mol. The van der Waals surface area contributed by atoms with Crippen molar-refractivity contribution < 1.29 is 4.74 Å². The van der Waals surface area contributed by atoms with Crippen molar-refractivity contribution in [1.82, 2.24) is 25.4 Å². The van der Waals surface area contributed by atoms with Gasteiger partial charge in [-0.3, -0.25) is 0 Å². The lowest BCUT2D eigenvalue weighted by Gasteiger charge is -2.21. The van der Waals surface area contributed by atoms with Gasteiger partial charge in [-0.25, -0.2) is 4.99 Å². The van der Waals surface area contributed by atoms with E-state index in [2.05, 4.69) is 46.8 Å². The summed E-state index contributed by atoms with van der Waals surface area (Å²) in [6, 6.07) is 10.2. The van der Waals surface area contributed by atoms with Gasteiger partial charge in [0.05, 0.1) is 19.2 Å². The Balaban J connectivity index is 1.97. The summed E-state index contributed by atoms with van der Waals surface area (Å²) in [6.45, 7) is 11.1. The maximum absolute atomic E-state index is 5.84. The van der Waals surface area contributed by atoms with Crippen LogP contribution < -0.4 is 10.6 Å². The second-order valence-corrected chi connectivity index (χ2v) is 7.18. The minimum absolute atomic E-state index is 0.245. The monoisotopic (exact) mass is 386 g/mol. The molecule has 0 saturated carbocycles. The van der Waals surface area contributed by atoms with Gasteiger partial charge in [0, 0.05) is 20.2 Å². The quantitative estimate of drug-likeness (QED) is 0.485. The minimum Gasteiger partial charge on any atom is -0.378 e. The Kier molecular flexibility index (Phi) is 8.94. The molecule has 154 valence electrons. The fourth-order valence-corrected chi connectivity index (χ4v) is 2.85. The first-order chi connectivity index (χ1) is 13.5. The summed E-state index contributed by atoms with van der Waals surface area (Å²) >= 11 is 0. The van der Waals surface area contributed by atoms with Crippen LogP contribution in [0.5, 0.6) is 0 Å². The molecule has 2 N–H and O–H groups in total. The summed E-state index contributed by atoms with van der Waals surface area (Å²) < 4.78 is 7.82. The third-order valence-corrected chi connectivity index (χ3v) is 4.70. The molecule has 0 aliphatic rings. The molecule has 0 aliphatic heterocycles. The highest BCUT2D eigenvalue weighted by Crippen LogP contribution is 2.10. The summed E-state index contributed by atoms with van der Waals surface area (Å²) in [4.78, 5) is 4.73. The van der Waals surface area contributed by atoms with Gasteiger partial charge in [0.2, 0.25) is 0 Å². The van der Waals surface area contributed by atoms with E-state index in [0.29, 0.717) is 19.0 Å². The Bertz CT molecular complexity index is 726. The lowest BCUT2D eigenvalue weighted by atomic mass is 10.0. The second-order valence-electron chi connectivity index (χ2n) is 7.18. The van der Waals surface area contributed by atoms with Gasteiger partial charge in [-0.1, -0.05) is 44.2 Å². The smallest absolute Gasteiger partial charge is 0.191 e. The maximum Gasteiger partial charge on any atom is 0.191 e. The van der Waals surface area contributed by atoms with E-state index in [9.17, 15) is 0 Å². The number of aryl methyl sites for hydroxylation is 1. The zero-order chi connectivity index (χ0) is 20.4. The van der Waals surface area contributed by atoms with E-state index in [1.165, 1.54) is 5.56 Å². The zero-order valence-electron chi connectivity index (χ0n) is 17.8. The van der Waals surface area contributed by atoms with Crippen molar-refractivity contribution in [1.29, 1.82) is 0 Å². The average Bonchev–Trinajstić information content (AvgIpc) is 3.01. The van der Waals surface area contributed by atoms with Crippen LogP contribution in [0.15, 0.2) is 35.3 Å². The standard InChI is InChI=1S/C21H34N6O/c1-6-28-19(16(2)3)12-13-22-21(23-14-18-10-8-7-9-11-18)24-15-20-26-25-17(4)27(20)5/h7-11,16,19H,6,12-15H2,1-5H3,(H2,22,23,24). The normalized spacial score (nSPS) is 13.0. The number of hydrogen-bond acceptors (Lipinski definition) is 4. The number of nitrogens with one attached hydrogen (secondary N) is 2. The van der Waals surface area contributed by atoms with Gasteiger partial charge in [-0.05, 0) is 31.7 Å². The molecule has 2 rings (SSSR count). The van der Waals surface area contributed by atoms with Crippen molar-refractivity contribution in [3.8, 4) is 0 Å². The summed E-state index contributed by atoms with van der Waals surface area (Å²) in [5.74, 6) is 3.02. The molecule has 1 aromatic carbocycles. The first kappa shape index (κ1) is 21.9. The summed E-state index contributed by atoms with van der Waals surface area (Å²) in [7, 11) is 1.97. The molecule has 0 saturated heterocycles. The lowest BCUT2D eigenvalue weighted by molar-refractivity contribution is 0.0258. The van der Waals surface area contributed by atoms with Crippen molar-refractivity contribution in [2.45, 2.75) is 53.3 Å². The predicted molar refractivity (Wildman–Crippen MR) is 113 cm³/mol. The molecule has 2 aromatic rings. The van der Waals surface area contributed by atoms with Gasteiger partial charge in [-0.2, -0.15) is 0 Å². The Hall–Kier alpha value is -2.41. The Morgan fingerprint density at radius 1 is 1.18 bits per heavy atom. The highest BCUT2D eigenvalue weighted by atomic mass is 16.5. The van der Waals surface area contributed by atoms with Gasteiger partial charge >= 0.3 is 0 Å². The summed E-state index contributed by atoms with van der Waals surface area (Å²) in [5.41, 5.74) is 1.17. The first-order valence-electron chi connectivity index (χ1n) is 10.0. The molecule has 1 heterocycles. The third kappa shape index (κ3) is 6.96. The number of aromatic nitrogens is 3. The van der Waals surface area contributed by atoms with Crippen molar-refractivity contribution in [3.05, 3.63) is 47.5 Å². The molecule has 0 aliphatic carbocycles. The Labute approximate surface area is 168 Å². The number of guanidine groups is 1. The van der Waals surface area contributed by atoms with Crippen LogP contribution in [-0.2, 0) is 24.9 Å². The fraction of sp³-hybridized carbons (Fsp3) is 0.571. The van der Waals surface area contributed by atoms with Crippen LogP contribution in [0.3, 0.4) is 0 Å². The largest absolute Gasteiger partial charge is 0.378 e. The van der Waals surface area contributed by atoms with Crippen LogP contribution in [0.1, 0.15) is 44.4 Å². The van der Waals surface area contributed by atoms with E-state index >= 15 is 0 Å². The summed E-state index contributed by atoms with van der Waals surface area (Å²) in [6.07, 6.45) is 1.18. The number of benzene rings is 1. The number of hydrogen-bond donors (Lipinski definition) is 2. The third-order valence-electron chi connectivity index (χ3n) is 4.70. The number of rotatable bonds is 10. The number of ether oxygens (including phenoxy) is 1. The number of nitrogens with zero attached hydrogens (tertiary/aromatic N) is 4. The van der Waals surface area contributed by atoms with Crippen molar-refractivity contribution in [2.24, 2.45) is 18.0 Å². The van der Waals surface area contributed by atoms with Crippen LogP contribution in [0.25, 0.3) is 0 Å². The van der Waals surface area contributed by atoms with Gasteiger partial charge in [0.1, 0.15) is 5.82 Å². The van der Waals surface area contributed by atoms with E-state index in [-0.39, 0.29) is 6.10 Å². The molecule has 0 bridgehead atoms. The molecular formula is C21H34N6O. The lowest BCUT2D eigenvalue weighted by Crippen LogP contribution is -2.39. The van der Waals surface area contributed by atoms with Gasteiger partial charge in [0.15, 0.2) is 11.8 Å². The van der Waals surface area contributed by atoms with Crippen LogP contribution in [0, 0.1) is 12.8 Å². The molecular weight excluding hydrogens is 352 g/mol. The van der Waals surface area contributed by atoms with Crippen LogP contribution in [0.2, 0.25) is 0 Å². The molecule has 0 amide bonds. The Morgan fingerprint density at radius 2 is 1.93 bits per heavy atom. The van der Waals surface area contributed by atoms with Gasteiger partial charge in [-0.15, -0.1) is 10.2 Å². The first-order valence-corrected chi connectivity index (χ1v) is 10.0. The van der Waals surface area contributed by atoms with Crippen LogP contribution in [-0.4, -0.2) is 40.0 Å². The van der Waals surface area contributed by atoms with E-state index in [1.54, 1.807) is 0 Å². The Morgan fingerprint density at radius 3 is 2.54 bits per heavy atom. The minimum atomic E-state index is 0.245. The molecule has 0 fully saturated rings. The zero-order valence-corrected chi connectivity index (χ0v) is 17.8. The highest BCUT2D eigenvalue weighted by molar-refractivity contribution is 5.79. The van der Waals surface area contributed by atoms with Crippen molar-refractivity contribution in [2.75, 3.05) is 13.2 Å². The van der Waals surface area contributed by atoms with Crippen molar-refractivity contribution in [3.63, 3.8) is 0 Å².